The first-order valence-electron chi connectivity index (χ1n) is 9.60. The summed E-state index contributed by atoms with van der Waals surface area (Å²) in [5, 5.41) is 11.1. The molecule has 0 saturated heterocycles. The third kappa shape index (κ3) is 8.13. The smallest absolute Gasteiger partial charge is 0.329 e. The van der Waals surface area contributed by atoms with E-state index in [0.717, 1.165) is 5.56 Å². The van der Waals surface area contributed by atoms with Crippen molar-refractivity contribution >= 4 is 35.5 Å². The predicted molar refractivity (Wildman–Crippen MR) is 114 cm³/mol. The first-order valence-corrected chi connectivity index (χ1v) is 9.60. The lowest BCUT2D eigenvalue weighted by molar-refractivity contribution is -0.139. The summed E-state index contributed by atoms with van der Waals surface area (Å²) < 4.78 is 5.42. The van der Waals surface area contributed by atoms with Crippen molar-refractivity contribution in [1.29, 1.82) is 0 Å². The highest BCUT2D eigenvalue weighted by Crippen LogP contribution is 2.08. The molecule has 10 nitrogen and oxygen atoms in total. The normalized spacial score (nSPS) is 10.7. The highest BCUT2D eigenvalue weighted by atomic mass is 16.3. The lowest BCUT2D eigenvalue weighted by Crippen LogP contribution is -2.39. The molecule has 2 rings (SSSR count). The fourth-order valence-electron chi connectivity index (χ4n) is 2.21. The van der Waals surface area contributed by atoms with E-state index in [1.165, 1.54) is 6.21 Å². The largest absolute Gasteiger partial charge is 0.458 e. The zero-order valence-corrected chi connectivity index (χ0v) is 17.5. The van der Waals surface area contributed by atoms with Gasteiger partial charge in [0.15, 0.2) is 0 Å². The van der Waals surface area contributed by atoms with E-state index in [0.29, 0.717) is 18.0 Å². The predicted octanol–water partition coefficient (Wildman–Crippen LogP) is 1.07. The summed E-state index contributed by atoms with van der Waals surface area (Å²) in [5.41, 5.74) is 3.64. The summed E-state index contributed by atoms with van der Waals surface area (Å²) in [7, 11) is 0. The van der Waals surface area contributed by atoms with Crippen molar-refractivity contribution in [2.24, 2.45) is 11.0 Å². The summed E-state index contributed by atoms with van der Waals surface area (Å²) in [6, 6.07) is 10.2. The van der Waals surface area contributed by atoms with Gasteiger partial charge >= 0.3 is 23.6 Å². The number of benzene rings is 1. The van der Waals surface area contributed by atoms with Crippen molar-refractivity contribution in [1.82, 2.24) is 16.1 Å². The number of carbonyl (C=O) groups is 4. The third-order valence-electron chi connectivity index (χ3n) is 3.86. The first kappa shape index (κ1) is 23.3. The number of furan rings is 1. The van der Waals surface area contributed by atoms with Gasteiger partial charge in [-0.15, -0.1) is 0 Å². The Bertz CT molecular complexity index is 963. The number of carbonyl (C=O) groups excluding carboxylic acids is 4. The number of hydrazone groups is 1. The van der Waals surface area contributed by atoms with Gasteiger partial charge in [0.2, 0.25) is 0 Å². The Morgan fingerprint density at radius 2 is 1.61 bits per heavy atom. The standard InChI is InChI=1S/C21H25N5O5/c1-13(2)10-22-19(28)21(30)26-24-12-17-9-8-16(31-17)11-23-18(27)20(29)25-15-6-4-14(3)5-7-15/h4-9,12-13H,10-11H2,1-3H3,(H,22,28)(H,23,27)(H,25,29)(H,26,30)/b24-12+. The molecule has 31 heavy (non-hydrogen) atoms. The van der Waals surface area contributed by atoms with E-state index in [1.54, 1.807) is 24.3 Å². The molecule has 10 heteroatoms. The Labute approximate surface area is 179 Å². The van der Waals surface area contributed by atoms with Crippen molar-refractivity contribution in [2.75, 3.05) is 11.9 Å². The third-order valence-corrected chi connectivity index (χ3v) is 3.86. The minimum Gasteiger partial charge on any atom is -0.458 e. The number of nitrogens with one attached hydrogen (secondary N) is 4. The molecular formula is C21H25N5O5. The monoisotopic (exact) mass is 427 g/mol. The summed E-state index contributed by atoms with van der Waals surface area (Å²) in [4.78, 5) is 47.0. The van der Waals surface area contributed by atoms with Crippen LogP contribution in [-0.4, -0.2) is 36.4 Å². The van der Waals surface area contributed by atoms with Crippen LogP contribution in [0.4, 0.5) is 5.69 Å². The van der Waals surface area contributed by atoms with Crippen LogP contribution in [-0.2, 0) is 25.7 Å². The Morgan fingerprint density at radius 3 is 2.29 bits per heavy atom. The second kappa shape index (κ2) is 11.3. The molecule has 0 saturated carbocycles. The van der Waals surface area contributed by atoms with Crippen LogP contribution in [0.2, 0.25) is 0 Å². The fraction of sp³-hybridized carbons (Fsp3) is 0.286. The second-order valence-corrected chi connectivity index (χ2v) is 7.11. The molecule has 4 amide bonds. The van der Waals surface area contributed by atoms with E-state index in [9.17, 15) is 19.2 Å². The van der Waals surface area contributed by atoms with Crippen LogP contribution in [0, 0.1) is 12.8 Å². The quantitative estimate of drug-likeness (QED) is 0.297. The molecule has 1 aromatic heterocycles. The Hall–Kier alpha value is -3.95. The van der Waals surface area contributed by atoms with Crippen LogP contribution in [0.25, 0.3) is 0 Å². The van der Waals surface area contributed by atoms with Crippen molar-refractivity contribution in [2.45, 2.75) is 27.3 Å². The number of nitrogens with zero attached hydrogens (tertiary/aromatic N) is 1. The number of hydrogen-bond acceptors (Lipinski definition) is 6. The van der Waals surface area contributed by atoms with Crippen molar-refractivity contribution < 1.29 is 23.6 Å². The minimum absolute atomic E-state index is 0.0159. The maximum absolute atomic E-state index is 11.9. The molecule has 0 radical (unpaired) electrons. The maximum Gasteiger partial charge on any atom is 0.329 e. The molecule has 1 heterocycles. The van der Waals surface area contributed by atoms with E-state index in [2.05, 4.69) is 26.5 Å². The van der Waals surface area contributed by atoms with Crippen LogP contribution < -0.4 is 21.4 Å². The summed E-state index contributed by atoms with van der Waals surface area (Å²) in [6.07, 6.45) is 1.21. The first-order chi connectivity index (χ1) is 14.7. The van der Waals surface area contributed by atoms with Gasteiger partial charge in [-0.05, 0) is 37.1 Å². The van der Waals surface area contributed by atoms with Crippen molar-refractivity contribution in [3.8, 4) is 0 Å². The van der Waals surface area contributed by atoms with Crippen LogP contribution in [0.1, 0.15) is 30.9 Å². The molecule has 0 aliphatic carbocycles. The lowest BCUT2D eigenvalue weighted by atomic mass is 10.2. The average molecular weight is 427 g/mol. The summed E-state index contributed by atoms with van der Waals surface area (Å²) >= 11 is 0. The number of amides is 4. The lowest BCUT2D eigenvalue weighted by Gasteiger charge is -2.06. The highest BCUT2D eigenvalue weighted by Gasteiger charge is 2.14. The molecule has 0 fully saturated rings. The molecule has 0 unspecified atom stereocenters. The van der Waals surface area contributed by atoms with E-state index in [1.807, 2.05) is 32.9 Å². The van der Waals surface area contributed by atoms with Gasteiger partial charge in [0.25, 0.3) is 0 Å². The SMILES string of the molecule is Cc1ccc(NC(=O)C(=O)NCc2ccc(/C=N/NC(=O)C(=O)NCC(C)C)o2)cc1. The molecule has 4 N–H and O–H groups in total. The minimum atomic E-state index is -0.893. The number of hydrogen-bond donors (Lipinski definition) is 4. The van der Waals surface area contributed by atoms with Crippen molar-refractivity contribution in [3.05, 3.63) is 53.5 Å². The molecule has 0 aliphatic rings. The average Bonchev–Trinajstić information content (AvgIpc) is 3.19. The fourth-order valence-corrected chi connectivity index (χ4v) is 2.21. The number of anilines is 1. The van der Waals surface area contributed by atoms with Crippen LogP contribution >= 0.6 is 0 Å². The van der Waals surface area contributed by atoms with Gasteiger partial charge in [0.05, 0.1) is 12.8 Å². The van der Waals surface area contributed by atoms with E-state index >= 15 is 0 Å². The van der Waals surface area contributed by atoms with Crippen LogP contribution in [0.3, 0.4) is 0 Å². The Kier molecular flexibility index (Phi) is 8.50. The van der Waals surface area contributed by atoms with E-state index in [-0.39, 0.29) is 18.2 Å². The zero-order valence-electron chi connectivity index (χ0n) is 17.5. The zero-order chi connectivity index (χ0) is 22.8. The van der Waals surface area contributed by atoms with Gasteiger partial charge in [0.1, 0.15) is 11.5 Å². The van der Waals surface area contributed by atoms with E-state index in [4.69, 9.17) is 4.42 Å². The van der Waals surface area contributed by atoms with Gasteiger partial charge in [0, 0.05) is 12.2 Å². The molecule has 2 aromatic rings. The Balaban J connectivity index is 1.76. The Morgan fingerprint density at radius 1 is 0.935 bits per heavy atom. The van der Waals surface area contributed by atoms with Gasteiger partial charge in [-0.25, -0.2) is 5.43 Å². The molecule has 0 bridgehead atoms. The summed E-state index contributed by atoms with van der Waals surface area (Å²) in [5.74, 6) is -2.40. The molecule has 0 aliphatic heterocycles. The number of aryl methyl sites for hydroxylation is 1. The topological polar surface area (TPSA) is 142 Å². The van der Waals surface area contributed by atoms with Gasteiger partial charge in [-0.2, -0.15) is 5.10 Å². The highest BCUT2D eigenvalue weighted by molar-refractivity contribution is 6.39. The maximum atomic E-state index is 11.9. The van der Waals surface area contributed by atoms with Crippen LogP contribution in [0.5, 0.6) is 0 Å². The van der Waals surface area contributed by atoms with E-state index < -0.39 is 23.6 Å². The molecular weight excluding hydrogens is 402 g/mol. The molecule has 0 spiro atoms. The number of rotatable bonds is 7. The second-order valence-electron chi connectivity index (χ2n) is 7.11. The van der Waals surface area contributed by atoms with Gasteiger partial charge in [-0.1, -0.05) is 31.5 Å². The molecule has 0 atom stereocenters. The molecule has 164 valence electrons. The van der Waals surface area contributed by atoms with Gasteiger partial charge in [-0.3, -0.25) is 19.2 Å². The summed E-state index contributed by atoms with van der Waals surface area (Å²) in [6.45, 7) is 6.09. The van der Waals surface area contributed by atoms with Crippen LogP contribution in [0.15, 0.2) is 45.9 Å². The van der Waals surface area contributed by atoms with Crippen molar-refractivity contribution in [3.63, 3.8) is 0 Å². The van der Waals surface area contributed by atoms with Gasteiger partial charge < -0.3 is 20.4 Å². The molecule has 1 aromatic carbocycles.